The zero-order chi connectivity index (χ0) is 25.2. The lowest BCUT2D eigenvalue weighted by atomic mass is 10.0. The Morgan fingerprint density at radius 1 is 1.26 bits per heavy atom. The molecule has 35 heavy (non-hydrogen) atoms. The number of carbonyl (C=O) groups is 1. The number of anilines is 1. The monoisotopic (exact) mass is 500 g/mol. The van der Waals surface area contributed by atoms with Crippen molar-refractivity contribution in [1.82, 2.24) is 24.1 Å². The summed E-state index contributed by atoms with van der Waals surface area (Å²) >= 11 is 0. The number of aliphatic hydroxyl groups is 1. The van der Waals surface area contributed by atoms with Crippen molar-refractivity contribution in [2.45, 2.75) is 39.4 Å². The molecule has 3 heterocycles. The van der Waals surface area contributed by atoms with Crippen LogP contribution in [0.1, 0.15) is 47.8 Å². The molecule has 1 aromatic carbocycles. The average Bonchev–Trinajstić information content (AvgIpc) is 3.50. The fourth-order valence-electron chi connectivity index (χ4n) is 3.98. The van der Waals surface area contributed by atoms with E-state index < -0.39 is 15.9 Å². The van der Waals surface area contributed by atoms with Crippen molar-refractivity contribution in [3.63, 3.8) is 0 Å². The summed E-state index contributed by atoms with van der Waals surface area (Å²) in [6.45, 7) is 4.04. The summed E-state index contributed by atoms with van der Waals surface area (Å²) in [7, 11) is -1.90. The molecule has 0 bridgehead atoms. The van der Waals surface area contributed by atoms with Gasteiger partial charge in [-0.3, -0.25) is 4.79 Å². The first-order chi connectivity index (χ1) is 16.8. The van der Waals surface area contributed by atoms with Gasteiger partial charge in [-0.25, -0.2) is 13.4 Å². The molecule has 2 aromatic heterocycles. The van der Waals surface area contributed by atoms with Gasteiger partial charge in [0.15, 0.2) is 5.82 Å². The molecule has 11 nitrogen and oxygen atoms in total. The van der Waals surface area contributed by atoms with E-state index in [-0.39, 0.29) is 37.1 Å². The molecule has 0 fully saturated rings. The maximum Gasteiger partial charge on any atom is 0.260 e. The second-order valence-electron chi connectivity index (χ2n) is 8.36. The molecule has 0 aliphatic carbocycles. The molecule has 2 N–H and O–H groups in total. The number of nitrogens with one attached hydrogen (secondary N) is 1. The van der Waals surface area contributed by atoms with E-state index in [1.54, 1.807) is 34.9 Å². The third kappa shape index (κ3) is 5.04. The lowest BCUT2D eigenvalue weighted by Gasteiger charge is -2.14. The van der Waals surface area contributed by atoms with Gasteiger partial charge in [-0.15, -0.1) is 10.2 Å². The lowest BCUT2D eigenvalue weighted by Crippen LogP contribution is -2.27. The van der Waals surface area contributed by atoms with Crippen LogP contribution in [0.25, 0.3) is 11.5 Å². The van der Waals surface area contributed by atoms with Crippen LogP contribution in [0.3, 0.4) is 0 Å². The van der Waals surface area contributed by atoms with Gasteiger partial charge >= 0.3 is 0 Å². The van der Waals surface area contributed by atoms with Crippen LogP contribution in [0.15, 0.2) is 36.7 Å². The number of ether oxygens (including phenoxy) is 1. The van der Waals surface area contributed by atoms with E-state index in [0.717, 1.165) is 11.1 Å². The third-order valence-electron chi connectivity index (χ3n) is 5.85. The van der Waals surface area contributed by atoms with E-state index in [1.807, 2.05) is 13.8 Å². The van der Waals surface area contributed by atoms with Crippen LogP contribution >= 0.6 is 0 Å². The van der Waals surface area contributed by atoms with Gasteiger partial charge in [0.1, 0.15) is 23.6 Å². The van der Waals surface area contributed by atoms with Gasteiger partial charge in [0.05, 0.1) is 31.1 Å². The highest BCUT2D eigenvalue weighted by Gasteiger charge is 2.30. The van der Waals surface area contributed by atoms with Crippen molar-refractivity contribution < 1.29 is 23.1 Å². The number of carbonyl (C=O) groups excluding carboxylic acids is 1. The summed E-state index contributed by atoms with van der Waals surface area (Å²) in [6, 6.07) is 8.27. The Balaban J connectivity index is 1.58. The van der Waals surface area contributed by atoms with Crippen LogP contribution in [0.5, 0.6) is 5.75 Å². The number of fused-ring (bicyclic) bond motifs is 1. The van der Waals surface area contributed by atoms with Gasteiger partial charge < -0.3 is 19.7 Å². The molecule has 3 aromatic rings. The van der Waals surface area contributed by atoms with Crippen molar-refractivity contribution in [3.8, 4) is 17.3 Å². The van der Waals surface area contributed by atoms with Crippen molar-refractivity contribution in [2.24, 2.45) is 0 Å². The summed E-state index contributed by atoms with van der Waals surface area (Å²) in [5, 5.41) is 20.3. The fraction of sp³-hybridized carbons (Fsp3) is 0.391. The topological polar surface area (TPSA) is 140 Å². The number of rotatable bonds is 9. The molecule has 0 saturated carbocycles. The van der Waals surface area contributed by atoms with Gasteiger partial charge in [0.25, 0.3) is 5.91 Å². The van der Waals surface area contributed by atoms with Crippen LogP contribution in [0.2, 0.25) is 0 Å². The van der Waals surface area contributed by atoms with Crippen molar-refractivity contribution in [1.29, 1.82) is 0 Å². The average molecular weight is 501 g/mol. The number of amides is 1. The van der Waals surface area contributed by atoms with E-state index in [0.29, 0.717) is 29.5 Å². The molecule has 0 spiro atoms. The summed E-state index contributed by atoms with van der Waals surface area (Å²) in [4.78, 5) is 17.7. The summed E-state index contributed by atoms with van der Waals surface area (Å²) in [5.74, 6) is 0.760. The van der Waals surface area contributed by atoms with E-state index in [4.69, 9.17) is 4.74 Å². The molecule has 12 heteroatoms. The number of benzene rings is 1. The number of sulfonamides is 1. The molecule has 1 aliphatic heterocycles. The fourth-order valence-corrected chi connectivity index (χ4v) is 5.42. The number of pyridine rings is 1. The second-order valence-corrected chi connectivity index (χ2v) is 10.4. The Hall–Kier alpha value is -3.35. The SMILES string of the molecule is CCCS(=O)(=O)N1Cc2cc(OC)c(C(=O)Nc3cccc(-c4nncn4[C@H](C)CO)n3)cc2C1. The van der Waals surface area contributed by atoms with Crippen molar-refractivity contribution >= 4 is 21.7 Å². The number of aromatic nitrogens is 4. The van der Waals surface area contributed by atoms with Gasteiger partial charge in [-0.2, -0.15) is 4.31 Å². The highest BCUT2D eigenvalue weighted by molar-refractivity contribution is 7.89. The lowest BCUT2D eigenvalue weighted by molar-refractivity contribution is 0.102. The zero-order valence-corrected chi connectivity index (χ0v) is 20.6. The number of methoxy groups -OCH3 is 1. The number of nitrogens with zero attached hydrogens (tertiary/aromatic N) is 5. The standard InChI is InChI=1S/C23H28N6O5S/c1-4-8-35(32,33)28-11-16-9-18(20(34-3)10-17(16)12-28)23(31)26-21-7-5-6-19(25-21)22-27-24-14-29(22)15(2)13-30/h5-7,9-10,14-15,30H,4,8,11-13H2,1-3H3,(H,25,26,31)/t15-/m1/s1. The smallest absolute Gasteiger partial charge is 0.260 e. The Labute approximate surface area is 203 Å². The molecule has 0 radical (unpaired) electrons. The molecule has 1 atom stereocenters. The van der Waals surface area contributed by atoms with E-state index in [1.165, 1.54) is 17.7 Å². The molecule has 0 unspecified atom stereocenters. The maximum atomic E-state index is 13.2. The zero-order valence-electron chi connectivity index (χ0n) is 19.8. The third-order valence-corrected chi connectivity index (χ3v) is 7.82. The highest BCUT2D eigenvalue weighted by atomic mass is 32.2. The van der Waals surface area contributed by atoms with Gasteiger partial charge in [0.2, 0.25) is 10.0 Å². The minimum atomic E-state index is -3.36. The Bertz CT molecular complexity index is 1340. The first kappa shape index (κ1) is 24.8. The summed E-state index contributed by atoms with van der Waals surface area (Å²) < 4.78 is 33.6. The first-order valence-corrected chi connectivity index (χ1v) is 12.8. The Morgan fingerprint density at radius 3 is 2.69 bits per heavy atom. The minimum absolute atomic E-state index is 0.0817. The van der Waals surface area contributed by atoms with Crippen LogP contribution in [-0.4, -0.2) is 63.0 Å². The van der Waals surface area contributed by atoms with Crippen LogP contribution in [-0.2, 0) is 23.1 Å². The van der Waals surface area contributed by atoms with E-state index in [2.05, 4.69) is 20.5 Å². The second kappa shape index (κ2) is 10.1. The molecular formula is C23H28N6O5S. The Kier molecular flexibility index (Phi) is 7.15. The molecule has 186 valence electrons. The van der Waals surface area contributed by atoms with Crippen LogP contribution in [0, 0.1) is 0 Å². The van der Waals surface area contributed by atoms with E-state index in [9.17, 15) is 18.3 Å². The number of hydrogen-bond donors (Lipinski definition) is 2. The quantitative estimate of drug-likeness (QED) is 0.456. The largest absolute Gasteiger partial charge is 0.496 e. The number of hydrogen-bond acceptors (Lipinski definition) is 8. The molecular weight excluding hydrogens is 472 g/mol. The molecule has 1 aliphatic rings. The minimum Gasteiger partial charge on any atom is -0.496 e. The summed E-state index contributed by atoms with van der Waals surface area (Å²) in [5.41, 5.74) is 2.35. The normalized spacial score (nSPS) is 14.5. The van der Waals surface area contributed by atoms with Crippen molar-refractivity contribution in [2.75, 3.05) is 24.8 Å². The van der Waals surface area contributed by atoms with Crippen molar-refractivity contribution in [3.05, 3.63) is 53.3 Å². The number of aliphatic hydroxyl groups excluding tert-OH is 1. The summed E-state index contributed by atoms with van der Waals surface area (Å²) in [6.07, 6.45) is 2.05. The Morgan fingerprint density at radius 2 is 2.00 bits per heavy atom. The van der Waals surface area contributed by atoms with Gasteiger partial charge in [-0.05, 0) is 48.7 Å². The first-order valence-electron chi connectivity index (χ1n) is 11.2. The molecule has 1 amide bonds. The molecule has 0 saturated heterocycles. The van der Waals surface area contributed by atoms with Gasteiger partial charge in [-0.1, -0.05) is 13.0 Å². The van der Waals surface area contributed by atoms with Crippen LogP contribution in [0.4, 0.5) is 5.82 Å². The predicted molar refractivity (Wildman–Crippen MR) is 129 cm³/mol. The van der Waals surface area contributed by atoms with Crippen LogP contribution < -0.4 is 10.1 Å². The van der Waals surface area contributed by atoms with Gasteiger partial charge in [0, 0.05) is 13.1 Å². The predicted octanol–water partition coefficient (Wildman–Crippen LogP) is 2.21. The highest BCUT2D eigenvalue weighted by Crippen LogP contribution is 2.32. The molecule has 4 rings (SSSR count). The van der Waals surface area contributed by atoms with E-state index >= 15 is 0 Å². The maximum absolute atomic E-state index is 13.2.